The summed E-state index contributed by atoms with van der Waals surface area (Å²) in [6, 6.07) is -0.414. The van der Waals surface area contributed by atoms with E-state index in [4.69, 9.17) is 5.73 Å². The summed E-state index contributed by atoms with van der Waals surface area (Å²) in [4.78, 5) is 13.8. The van der Waals surface area contributed by atoms with Crippen molar-refractivity contribution in [3.05, 3.63) is 0 Å². The maximum Gasteiger partial charge on any atom is 0.236 e. The lowest BCUT2D eigenvalue weighted by molar-refractivity contribution is -0.122. The van der Waals surface area contributed by atoms with Crippen LogP contribution < -0.4 is 11.1 Å². The molecule has 0 heterocycles. The smallest absolute Gasteiger partial charge is 0.236 e. The van der Waals surface area contributed by atoms with Crippen molar-refractivity contribution in [2.75, 3.05) is 20.6 Å². The third-order valence-corrected chi connectivity index (χ3v) is 3.74. The molecule has 94 valence electrons. The SMILES string of the molecule is CC(N)C(=O)NCC1(N(C)C)CCCCC1. The fraction of sp³-hybridized carbons (Fsp3) is 0.917. The molecule has 1 aliphatic carbocycles. The molecule has 0 aromatic rings. The van der Waals surface area contributed by atoms with Crippen molar-refractivity contribution in [1.82, 2.24) is 10.2 Å². The molecule has 4 nitrogen and oxygen atoms in total. The number of nitrogens with two attached hydrogens (primary N) is 1. The van der Waals surface area contributed by atoms with Gasteiger partial charge in [-0.3, -0.25) is 4.79 Å². The molecule has 3 N–H and O–H groups in total. The summed E-state index contributed by atoms with van der Waals surface area (Å²) in [5.41, 5.74) is 5.69. The predicted molar refractivity (Wildman–Crippen MR) is 66.2 cm³/mol. The molecule has 1 atom stereocenters. The zero-order chi connectivity index (χ0) is 12.2. The molecule has 1 rings (SSSR count). The van der Waals surface area contributed by atoms with Gasteiger partial charge in [-0.1, -0.05) is 19.3 Å². The highest BCUT2D eigenvalue weighted by molar-refractivity contribution is 5.81. The molecule has 0 aromatic heterocycles. The van der Waals surface area contributed by atoms with Gasteiger partial charge in [-0.2, -0.15) is 0 Å². The molecule has 0 saturated heterocycles. The van der Waals surface area contributed by atoms with Gasteiger partial charge in [0.15, 0.2) is 0 Å². The Balaban J connectivity index is 2.54. The Morgan fingerprint density at radius 3 is 2.38 bits per heavy atom. The number of nitrogens with zero attached hydrogens (tertiary/aromatic N) is 1. The molecule has 0 bridgehead atoms. The van der Waals surface area contributed by atoms with Crippen LogP contribution in [0.1, 0.15) is 39.0 Å². The van der Waals surface area contributed by atoms with Gasteiger partial charge < -0.3 is 16.0 Å². The molecular weight excluding hydrogens is 202 g/mol. The minimum atomic E-state index is -0.414. The lowest BCUT2D eigenvalue weighted by Crippen LogP contribution is -2.55. The highest BCUT2D eigenvalue weighted by atomic mass is 16.2. The van der Waals surface area contributed by atoms with E-state index < -0.39 is 6.04 Å². The zero-order valence-electron chi connectivity index (χ0n) is 10.8. The van der Waals surface area contributed by atoms with Crippen LogP contribution >= 0.6 is 0 Å². The maximum absolute atomic E-state index is 11.5. The van der Waals surface area contributed by atoms with Gasteiger partial charge in [0.1, 0.15) is 0 Å². The van der Waals surface area contributed by atoms with Crippen molar-refractivity contribution in [3.8, 4) is 0 Å². The third-order valence-electron chi connectivity index (χ3n) is 3.74. The van der Waals surface area contributed by atoms with E-state index in [1.54, 1.807) is 6.92 Å². The van der Waals surface area contributed by atoms with E-state index in [-0.39, 0.29) is 11.4 Å². The highest BCUT2D eigenvalue weighted by Gasteiger charge is 2.34. The minimum absolute atomic E-state index is 0.0493. The number of rotatable bonds is 4. The monoisotopic (exact) mass is 227 g/mol. The van der Waals surface area contributed by atoms with Crippen molar-refractivity contribution in [2.24, 2.45) is 5.73 Å². The van der Waals surface area contributed by atoms with Crippen molar-refractivity contribution in [2.45, 2.75) is 50.6 Å². The first-order chi connectivity index (χ1) is 7.48. The maximum atomic E-state index is 11.5. The molecule has 4 heteroatoms. The molecule has 0 aliphatic heterocycles. The van der Waals surface area contributed by atoms with E-state index in [0.717, 1.165) is 6.54 Å². The van der Waals surface area contributed by atoms with Crippen molar-refractivity contribution >= 4 is 5.91 Å². The van der Waals surface area contributed by atoms with Crippen LogP contribution in [0.5, 0.6) is 0 Å². The number of nitrogens with one attached hydrogen (secondary N) is 1. The summed E-state index contributed by atoms with van der Waals surface area (Å²) in [7, 11) is 4.20. The van der Waals surface area contributed by atoms with Crippen molar-refractivity contribution < 1.29 is 4.79 Å². The van der Waals surface area contributed by atoms with E-state index in [2.05, 4.69) is 24.3 Å². The second kappa shape index (κ2) is 5.64. The van der Waals surface area contributed by atoms with Crippen molar-refractivity contribution in [1.29, 1.82) is 0 Å². The van der Waals surface area contributed by atoms with E-state index in [1.807, 2.05) is 0 Å². The second-order valence-corrected chi connectivity index (χ2v) is 5.19. The Labute approximate surface area is 98.6 Å². The van der Waals surface area contributed by atoms with Crippen LogP contribution in [0.2, 0.25) is 0 Å². The van der Waals surface area contributed by atoms with Crippen LogP contribution in [-0.4, -0.2) is 43.0 Å². The van der Waals surface area contributed by atoms with Crippen LogP contribution in [0.25, 0.3) is 0 Å². The lowest BCUT2D eigenvalue weighted by atomic mass is 9.80. The second-order valence-electron chi connectivity index (χ2n) is 5.19. The van der Waals surface area contributed by atoms with Crippen LogP contribution in [0.15, 0.2) is 0 Å². The predicted octanol–water partition coefficient (Wildman–Crippen LogP) is 0.714. The van der Waals surface area contributed by atoms with E-state index >= 15 is 0 Å². The first-order valence-electron chi connectivity index (χ1n) is 6.19. The number of hydrogen-bond acceptors (Lipinski definition) is 3. The van der Waals surface area contributed by atoms with Crippen LogP contribution in [0.3, 0.4) is 0 Å². The molecule has 0 spiro atoms. The summed E-state index contributed by atoms with van der Waals surface area (Å²) < 4.78 is 0. The number of carbonyl (C=O) groups is 1. The number of likely N-dealkylation sites (N-methyl/N-ethyl adjacent to an activating group) is 1. The topological polar surface area (TPSA) is 58.4 Å². The van der Waals surface area contributed by atoms with Gasteiger partial charge in [-0.05, 0) is 33.9 Å². The van der Waals surface area contributed by atoms with Crippen molar-refractivity contribution in [3.63, 3.8) is 0 Å². The fourth-order valence-electron chi connectivity index (χ4n) is 2.40. The molecule has 1 amide bonds. The molecule has 1 aliphatic rings. The Hall–Kier alpha value is -0.610. The molecule has 0 aromatic carbocycles. The summed E-state index contributed by atoms with van der Waals surface area (Å²) in [5, 5.41) is 2.97. The van der Waals surface area contributed by atoms with Crippen LogP contribution in [0, 0.1) is 0 Å². The van der Waals surface area contributed by atoms with Gasteiger partial charge in [0, 0.05) is 12.1 Å². The average molecular weight is 227 g/mol. The highest BCUT2D eigenvalue weighted by Crippen LogP contribution is 2.31. The van der Waals surface area contributed by atoms with Gasteiger partial charge in [-0.15, -0.1) is 0 Å². The first kappa shape index (κ1) is 13.5. The Morgan fingerprint density at radius 1 is 1.38 bits per heavy atom. The van der Waals surface area contributed by atoms with Gasteiger partial charge in [-0.25, -0.2) is 0 Å². The standard InChI is InChI=1S/C12H25N3O/c1-10(13)11(16)14-9-12(15(2)3)7-5-4-6-8-12/h10H,4-9,13H2,1-3H3,(H,14,16). The van der Waals surface area contributed by atoms with Gasteiger partial charge in [0.2, 0.25) is 5.91 Å². The summed E-state index contributed by atoms with van der Waals surface area (Å²) >= 11 is 0. The van der Waals surface area contributed by atoms with Gasteiger partial charge in [0.05, 0.1) is 6.04 Å². The molecule has 1 fully saturated rings. The Bertz CT molecular complexity index is 232. The van der Waals surface area contributed by atoms with E-state index in [0.29, 0.717) is 0 Å². The van der Waals surface area contributed by atoms with Crippen LogP contribution in [-0.2, 0) is 4.79 Å². The zero-order valence-corrected chi connectivity index (χ0v) is 10.8. The molecule has 1 unspecified atom stereocenters. The molecule has 1 saturated carbocycles. The summed E-state index contributed by atoms with van der Waals surface area (Å²) in [6.45, 7) is 2.44. The summed E-state index contributed by atoms with van der Waals surface area (Å²) in [6.07, 6.45) is 6.16. The normalized spacial score (nSPS) is 21.8. The van der Waals surface area contributed by atoms with Crippen LogP contribution in [0.4, 0.5) is 0 Å². The third kappa shape index (κ3) is 3.19. The van der Waals surface area contributed by atoms with Gasteiger partial charge >= 0.3 is 0 Å². The Kier molecular flexibility index (Phi) is 4.74. The largest absolute Gasteiger partial charge is 0.353 e. The minimum Gasteiger partial charge on any atom is -0.353 e. The lowest BCUT2D eigenvalue weighted by Gasteiger charge is -2.43. The number of carbonyl (C=O) groups excluding carboxylic acids is 1. The van der Waals surface area contributed by atoms with Gasteiger partial charge in [0.25, 0.3) is 0 Å². The summed E-state index contributed by atoms with van der Waals surface area (Å²) in [5.74, 6) is -0.0493. The molecule has 16 heavy (non-hydrogen) atoms. The number of amides is 1. The molecular formula is C12H25N3O. The Morgan fingerprint density at radius 2 is 1.94 bits per heavy atom. The fourth-order valence-corrected chi connectivity index (χ4v) is 2.40. The number of hydrogen-bond donors (Lipinski definition) is 2. The van der Waals surface area contributed by atoms with E-state index in [1.165, 1.54) is 32.1 Å². The average Bonchev–Trinajstić information content (AvgIpc) is 2.26. The van der Waals surface area contributed by atoms with E-state index in [9.17, 15) is 4.79 Å². The first-order valence-corrected chi connectivity index (χ1v) is 6.19. The molecule has 0 radical (unpaired) electrons. The quantitative estimate of drug-likeness (QED) is 0.744.